The number of hydrogen-bond acceptors (Lipinski definition) is 3. The number of ether oxygens (including phenoxy) is 1. The molecular formula is C18H25NOS. The number of methoxy groups -OCH3 is 1. The summed E-state index contributed by atoms with van der Waals surface area (Å²) in [5, 5.41) is 7.06. The van der Waals surface area contributed by atoms with E-state index in [0.717, 1.165) is 0 Å². The van der Waals surface area contributed by atoms with Gasteiger partial charge in [0.1, 0.15) is 0 Å². The van der Waals surface area contributed by atoms with Gasteiger partial charge in [0.2, 0.25) is 0 Å². The van der Waals surface area contributed by atoms with Crippen molar-refractivity contribution in [3.05, 3.63) is 35.2 Å². The second kappa shape index (κ2) is 6.91. The fourth-order valence-corrected chi connectivity index (χ4v) is 4.78. The molecule has 1 aromatic heterocycles. The van der Waals surface area contributed by atoms with Gasteiger partial charge in [0.15, 0.2) is 0 Å². The van der Waals surface area contributed by atoms with E-state index in [9.17, 15) is 0 Å². The Hall–Kier alpha value is -0.900. The van der Waals surface area contributed by atoms with Crippen molar-refractivity contribution in [2.24, 2.45) is 5.92 Å². The number of nitrogens with one attached hydrogen (secondary N) is 1. The molecule has 1 N–H and O–H groups in total. The predicted octanol–water partition coefficient (Wildman–Crippen LogP) is 4.76. The van der Waals surface area contributed by atoms with Crippen LogP contribution in [0.4, 0.5) is 0 Å². The zero-order valence-corrected chi connectivity index (χ0v) is 13.8. The van der Waals surface area contributed by atoms with Crippen molar-refractivity contribution in [3.8, 4) is 0 Å². The van der Waals surface area contributed by atoms with Crippen LogP contribution in [-0.4, -0.2) is 20.3 Å². The van der Waals surface area contributed by atoms with Gasteiger partial charge in [0.25, 0.3) is 0 Å². The van der Waals surface area contributed by atoms with E-state index in [-0.39, 0.29) is 12.1 Å². The van der Waals surface area contributed by atoms with Gasteiger partial charge < -0.3 is 10.1 Å². The van der Waals surface area contributed by atoms with Crippen LogP contribution >= 0.6 is 11.3 Å². The van der Waals surface area contributed by atoms with Gasteiger partial charge in [-0.1, -0.05) is 37.5 Å². The molecule has 0 aliphatic heterocycles. The van der Waals surface area contributed by atoms with Gasteiger partial charge in [-0.05, 0) is 48.2 Å². The van der Waals surface area contributed by atoms with E-state index in [1.807, 2.05) is 18.4 Å². The van der Waals surface area contributed by atoms with Gasteiger partial charge in [-0.3, -0.25) is 0 Å². The lowest BCUT2D eigenvalue weighted by Crippen LogP contribution is -2.37. The average molecular weight is 303 g/mol. The molecule has 2 aromatic rings. The third-order valence-corrected chi connectivity index (χ3v) is 5.85. The monoisotopic (exact) mass is 303 g/mol. The van der Waals surface area contributed by atoms with Crippen LogP contribution in [0.15, 0.2) is 29.6 Å². The van der Waals surface area contributed by atoms with Gasteiger partial charge in [0, 0.05) is 11.8 Å². The Morgan fingerprint density at radius 1 is 1.19 bits per heavy atom. The minimum atomic E-state index is 0.267. The van der Waals surface area contributed by atoms with Gasteiger partial charge in [-0.2, -0.15) is 0 Å². The smallest absolute Gasteiger partial charge is 0.0794 e. The third kappa shape index (κ3) is 3.01. The number of thiophene rings is 1. The van der Waals surface area contributed by atoms with Crippen molar-refractivity contribution in [2.45, 2.75) is 44.2 Å². The number of fused-ring (bicyclic) bond motifs is 1. The maximum absolute atomic E-state index is 5.96. The highest BCUT2D eigenvalue weighted by atomic mass is 32.1. The maximum Gasteiger partial charge on any atom is 0.0794 e. The topological polar surface area (TPSA) is 21.3 Å². The van der Waals surface area contributed by atoms with Crippen molar-refractivity contribution >= 4 is 21.4 Å². The van der Waals surface area contributed by atoms with E-state index in [1.54, 1.807) is 0 Å². The first-order valence-electron chi connectivity index (χ1n) is 8.01. The van der Waals surface area contributed by atoms with Crippen molar-refractivity contribution in [1.29, 1.82) is 0 Å². The number of rotatable bonds is 5. The summed E-state index contributed by atoms with van der Waals surface area (Å²) in [4.78, 5) is 0. The first kappa shape index (κ1) is 15.0. The Balaban J connectivity index is 1.93. The lowest BCUT2D eigenvalue weighted by molar-refractivity contribution is 0.00979. The van der Waals surface area contributed by atoms with Crippen LogP contribution in [0, 0.1) is 5.92 Å². The molecule has 2 nitrogen and oxygen atoms in total. The largest absolute Gasteiger partial charge is 0.379 e. The molecule has 0 saturated heterocycles. The minimum absolute atomic E-state index is 0.267. The van der Waals surface area contributed by atoms with E-state index in [4.69, 9.17) is 4.74 Å². The normalized spacial score (nSPS) is 19.7. The molecule has 1 aromatic carbocycles. The zero-order valence-electron chi connectivity index (χ0n) is 13.0. The van der Waals surface area contributed by atoms with Crippen LogP contribution in [0.25, 0.3) is 10.1 Å². The molecule has 0 bridgehead atoms. The lowest BCUT2D eigenvalue weighted by atomic mass is 9.81. The molecule has 2 unspecified atom stereocenters. The van der Waals surface area contributed by atoms with Crippen LogP contribution in [0.3, 0.4) is 0 Å². The van der Waals surface area contributed by atoms with Gasteiger partial charge in [-0.15, -0.1) is 11.3 Å². The van der Waals surface area contributed by atoms with Crippen LogP contribution < -0.4 is 5.32 Å². The Morgan fingerprint density at radius 3 is 2.71 bits per heavy atom. The van der Waals surface area contributed by atoms with E-state index in [1.165, 1.54) is 47.8 Å². The molecule has 0 radical (unpaired) electrons. The highest BCUT2D eigenvalue weighted by Crippen LogP contribution is 2.37. The van der Waals surface area contributed by atoms with Crippen molar-refractivity contribution in [2.75, 3.05) is 14.2 Å². The maximum atomic E-state index is 5.96. The van der Waals surface area contributed by atoms with Crippen LogP contribution in [-0.2, 0) is 4.74 Å². The summed E-state index contributed by atoms with van der Waals surface area (Å²) < 4.78 is 7.36. The molecule has 3 heteroatoms. The molecule has 1 aliphatic carbocycles. The molecule has 1 heterocycles. The molecule has 3 rings (SSSR count). The van der Waals surface area contributed by atoms with Crippen molar-refractivity contribution in [3.63, 3.8) is 0 Å². The summed E-state index contributed by atoms with van der Waals surface area (Å²) in [7, 11) is 3.93. The Morgan fingerprint density at radius 2 is 2.00 bits per heavy atom. The first-order valence-corrected chi connectivity index (χ1v) is 8.89. The third-order valence-electron chi connectivity index (χ3n) is 4.87. The summed E-state index contributed by atoms with van der Waals surface area (Å²) in [6.45, 7) is 0. The molecule has 21 heavy (non-hydrogen) atoms. The number of benzene rings is 1. The van der Waals surface area contributed by atoms with Crippen LogP contribution in [0.5, 0.6) is 0 Å². The molecule has 1 saturated carbocycles. The predicted molar refractivity (Wildman–Crippen MR) is 91.0 cm³/mol. The van der Waals surface area contributed by atoms with Crippen LogP contribution in [0.2, 0.25) is 0 Å². The highest BCUT2D eigenvalue weighted by molar-refractivity contribution is 7.17. The molecule has 1 fully saturated rings. The lowest BCUT2D eigenvalue weighted by Gasteiger charge is -2.35. The van der Waals surface area contributed by atoms with E-state index in [2.05, 4.69) is 42.0 Å². The summed E-state index contributed by atoms with van der Waals surface area (Å²) in [6, 6.07) is 9.11. The molecule has 1 aliphatic rings. The molecule has 2 atom stereocenters. The van der Waals surface area contributed by atoms with Crippen LogP contribution in [0.1, 0.15) is 43.7 Å². The van der Waals surface area contributed by atoms with E-state index >= 15 is 0 Å². The fourth-order valence-electron chi connectivity index (χ4n) is 3.82. The number of hydrogen-bond donors (Lipinski definition) is 1. The second-order valence-corrected chi connectivity index (χ2v) is 6.97. The van der Waals surface area contributed by atoms with Gasteiger partial charge in [0.05, 0.1) is 12.1 Å². The van der Waals surface area contributed by atoms with E-state index in [0.29, 0.717) is 5.92 Å². The van der Waals surface area contributed by atoms with Crippen molar-refractivity contribution in [1.82, 2.24) is 5.32 Å². The zero-order chi connectivity index (χ0) is 14.7. The van der Waals surface area contributed by atoms with E-state index < -0.39 is 0 Å². The van der Waals surface area contributed by atoms with Crippen molar-refractivity contribution < 1.29 is 4.74 Å². The summed E-state index contributed by atoms with van der Waals surface area (Å²) in [6.07, 6.45) is 6.96. The summed E-state index contributed by atoms with van der Waals surface area (Å²) in [5.74, 6) is 0.677. The van der Waals surface area contributed by atoms with Gasteiger partial charge >= 0.3 is 0 Å². The summed E-state index contributed by atoms with van der Waals surface area (Å²) >= 11 is 1.84. The highest BCUT2D eigenvalue weighted by Gasteiger charge is 2.31. The SMILES string of the molecule is CNC(c1cccc2ccsc12)C(OC)C1CCCCC1. The molecular weight excluding hydrogens is 278 g/mol. The molecule has 0 spiro atoms. The molecule has 0 amide bonds. The fraction of sp³-hybridized carbons (Fsp3) is 0.556. The number of likely N-dealkylation sites (N-methyl/N-ethyl adjacent to an activating group) is 1. The summed E-state index contributed by atoms with van der Waals surface area (Å²) in [5.41, 5.74) is 1.39. The average Bonchev–Trinajstić information content (AvgIpc) is 3.02. The second-order valence-electron chi connectivity index (χ2n) is 6.05. The Labute approximate surface area is 131 Å². The molecule has 114 valence electrons. The minimum Gasteiger partial charge on any atom is -0.379 e. The quantitative estimate of drug-likeness (QED) is 0.860. The standard InChI is InChI=1S/C18H25NOS/c1-19-16(17(20-2)13-7-4-3-5-8-13)15-10-6-9-14-11-12-21-18(14)15/h6,9-13,16-17,19H,3-5,7-8H2,1-2H3. The Kier molecular flexibility index (Phi) is 4.94. The first-order chi connectivity index (χ1) is 10.3. The Bertz CT molecular complexity index is 573. The van der Waals surface area contributed by atoms with Gasteiger partial charge in [-0.25, -0.2) is 0 Å².